The third-order valence-corrected chi connectivity index (χ3v) is 6.39. The van der Waals surface area contributed by atoms with E-state index in [2.05, 4.69) is 4.98 Å². The largest absolute Gasteiger partial charge is 0.462 e. The zero-order valence-corrected chi connectivity index (χ0v) is 19.7. The molecule has 0 saturated heterocycles. The van der Waals surface area contributed by atoms with E-state index in [1.54, 1.807) is 6.92 Å². The first-order valence-corrected chi connectivity index (χ1v) is 11.6. The van der Waals surface area contributed by atoms with Crippen LogP contribution in [0.25, 0.3) is 22.5 Å². The number of ether oxygens (including phenoxy) is 1. The van der Waals surface area contributed by atoms with Gasteiger partial charge in [0.2, 0.25) is 5.43 Å². The van der Waals surface area contributed by atoms with Crippen molar-refractivity contribution in [3.05, 3.63) is 106 Å². The highest BCUT2D eigenvalue weighted by atomic mass is 32.2. The molecular weight excluding hydrogens is 430 g/mol. The van der Waals surface area contributed by atoms with Gasteiger partial charge in [0.1, 0.15) is 5.56 Å². The molecule has 4 nitrogen and oxygen atoms in total. The Bertz CT molecular complexity index is 1320. The number of H-pyrrole nitrogens is 1. The summed E-state index contributed by atoms with van der Waals surface area (Å²) in [5.41, 5.74) is 4.67. The normalized spacial score (nSPS) is 10.8. The van der Waals surface area contributed by atoms with Gasteiger partial charge in [-0.25, -0.2) is 4.79 Å². The number of rotatable bonds is 6. The van der Waals surface area contributed by atoms with Gasteiger partial charge in [0.25, 0.3) is 0 Å². The number of aromatic amines is 1. The molecule has 0 aliphatic heterocycles. The Morgan fingerprint density at radius 3 is 1.91 bits per heavy atom. The lowest BCUT2D eigenvalue weighted by molar-refractivity contribution is 0.0525. The summed E-state index contributed by atoms with van der Waals surface area (Å²) in [5.74, 6) is -0.625. The minimum absolute atomic E-state index is 0.0231. The molecule has 0 spiro atoms. The predicted molar refractivity (Wildman–Crippen MR) is 134 cm³/mol. The van der Waals surface area contributed by atoms with Gasteiger partial charge in [-0.3, -0.25) is 4.79 Å². The number of hydrogen-bond acceptors (Lipinski definition) is 4. The Balaban J connectivity index is 2.02. The molecule has 5 heteroatoms. The van der Waals surface area contributed by atoms with E-state index in [9.17, 15) is 9.59 Å². The molecule has 0 saturated carbocycles. The van der Waals surface area contributed by atoms with Gasteiger partial charge in [0.05, 0.1) is 22.9 Å². The molecule has 0 unspecified atom stereocenters. The molecule has 0 amide bonds. The van der Waals surface area contributed by atoms with Crippen LogP contribution in [-0.4, -0.2) is 17.6 Å². The van der Waals surface area contributed by atoms with Crippen molar-refractivity contribution in [2.24, 2.45) is 0 Å². The molecule has 1 N–H and O–H groups in total. The first-order chi connectivity index (χ1) is 16.0. The first kappa shape index (κ1) is 22.6. The highest BCUT2D eigenvalue weighted by molar-refractivity contribution is 7.99. The van der Waals surface area contributed by atoms with Gasteiger partial charge in [0, 0.05) is 4.90 Å². The molecule has 1 aromatic heterocycles. The minimum Gasteiger partial charge on any atom is -0.462 e. The highest BCUT2D eigenvalue weighted by Gasteiger charge is 2.25. The van der Waals surface area contributed by atoms with Crippen molar-refractivity contribution >= 4 is 17.7 Å². The Hall–Kier alpha value is -3.57. The molecule has 1 heterocycles. The van der Waals surface area contributed by atoms with Gasteiger partial charge < -0.3 is 9.72 Å². The average molecular weight is 456 g/mol. The predicted octanol–water partition coefficient (Wildman–Crippen LogP) is 6.65. The van der Waals surface area contributed by atoms with E-state index in [0.29, 0.717) is 16.3 Å². The van der Waals surface area contributed by atoms with E-state index < -0.39 is 5.97 Å². The van der Waals surface area contributed by atoms with Gasteiger partial charge in [-0.2, -0.15) is 0 Å². The van der Waals surface area contributed by atoms with Crippen LogP contribution < -0.4 is 5.43 Å². The van der Waals surface area contributed by atoms with Crippen LogP contribution in [0.1, 0.15) is 28.4 Å². The second-order valence-corrected chi connectivity index (χ2v) is 8.86. The van der Waals surface area contributed by atoms with Gasteiger partial charge in [0.15, 0.2) is 0 Å². The van der Waals surface area contributed by atoms with E-state index in [1.165, 1.54) is 11.8 Å². The Morgan fingerprint density at radius 1 is 0.818 bits per heavy atom. The standard InChI is InChI=1S/C28H25NO3S/c1-4-32-28(31)23-24(20-14-10-18(2)11-15-20)29-25(21-16-12-19(3)13-17-21)27(26(23)30)33-22-8-6-5-7-9-22/h5-17H,4H2,1-3H3,(H,29,30). The maximum Gasteiger partial charge on any atom is 0.344 e. The molecule has 33 heavy (non-hydrogen) atoms. The number of benzene rings is 3. The van der Waals surface area contributed by atoms with Crippen LogP contribution in [0.5, 0.6) is 0 Å². The van der Waals surface area contributed by atoms with Crippen molar-refractivity contribution in [2.45, 2.75) is 30.6 Å². The maximum absolute atomic E-state index is 13.9. The van der Waals surface area contributed by atoms with Crippen LogP contribution >= 0.6 is 11.8 Å². The number of nitrogens with one attached hydrogen (secondary N) is 1. The van der Waals surface area contributed by atoms with Crippen LogP contribution in [0.2, 0.25) is 0 Å². The summed E-state index contributed by atoms with van der Waals surface area (Å²) in [6.45, 7) is 5.94. The van der Waals surface area contributed by atoms with E-state index >= 15 is 0 Å². The van der Waals surface area contributed by atoms with Crippen molar-refractivity contribution < 1.29 is 9.53 Å². The zero-order chi connectivity index (χ0) is 23.4. The molecule has 0 aliphatic rings. The van der Waals surface area contributed by atoms with Gasteiger partial charge >= 0.3 is 5.97 Å². The smallest absolute Gasteiger partial charge is 0.344 e. The van der Waals surface area contributed by atoms with Gasteiger partial charge in [-0.15, -0.1) is 0 Å². The van der Waals surface area contributed by atoms with Gasteiger partial charge in [-0.05, 0) is 44.0 Å². The van der Waals surface area contributed by atoms with Crippen LogP contribution in [0.4, 0.5) is 0 Å². The molecule has 4 aromatic rings. The second kappa shape index (κ2) is 9.92. The van der Waals surface area contributed by atoms with E-state index in [-0.39, 0.29) is 17.6 Å². The number of aryl methyl sites for hydroxylation is 2. The summed E-state index contributed by atoms with van der Waals surface area (Å²) in [6.07, 6.45) is 0. The van der Waals surface area contributed by atoms with Crippen LogP contribution in [0, 0.1) is 13.8 Å². The summed E-state index contributed by atoms with van der Waals surface area (Å²) >= 11 is 1.34. The molecule has 166 valence electrons. The summed E-state index contributed by atoms with van der Waals surface area (Å²) in [7, 11) is 0. The fourth-order valence-electron chi connectivity index (χ4n) is 3.55. The van der Waals surface area contributed by atoms with Crippen LogP contribution in [0.3, 0.4) is 0 Å². The van der Waals surface area contributed by atoms with Crippen LogP contribution in [0.15, 0.2) is 93.4 Å². The number of hydrogen-bond donors (Lipinski definition) is 1. The van der Waals surface area contributed by atoms with E-state index in [0.717, 1.165) is 27.1 Å². The first-order valence-electron chi connectivity index (χ1n) is 10.8. The number of aromatic nitrogens is 1. The molecule has 0 atom stereocenters. The fraction of sp³-hybridized carbons (Fsp3) is 0.143. The number of esters is 1. The van der Waals surface area contributed by atoms with E-state index in [1.807, 2.05) is 92.7 Å². The molecular formula is C28H25NO3S. The molecule has 4 rings (SSSR count). The fourth-order valence-corrected chi connectivity index (χ4v) is 4.54. The molecule has 0 bridgehead atoms. The lowest BCUT2D eigenvalue weighted by Crippen LogP contribution is -2.22. The van der Waals surface area contributed by atoms with Crippen molar-refractivity contribution in [1.29, 1.82) is 0 Å². The van der Waals surface area contributed by atoms with E-state index in [4.69, 9.17) is 4.74 Å². The maximum atomic E-state index is 13.9. The van der Waals surface area contributed by atoms with Crippen molar-refractivity contribution in [2.75, 3.05) is 6.61 Å². The Morgan fingerprint density at radius 2 is 1.36 bits per heavy atom. The van der Waals surface area contributed by atoms with Crippen molar-refractivity contribution in [1.82, 2.24) is 4.98 Å². The summed E-state index contributed by atoms with van der Waals surface area (Å²) in [5, 5.41) is 0. The number of carbonyl (C=O) groups excluding carboxylic acids is 1. The summed E-state index contributed by atoms with van der Waals surface area (Å²) < 4.78 is 5.29. The van der Waals surface area contributed by atoms with Crippen LogP contribution in [-0.2, 0) is 4.74 Å². The number of pyridine rings is 1. The topological polar surface area (TPSA) is 59.2 Å². The lowest BCUT2D eigenvalue weighted by atomic mass is 10.0. The Kier molecular flexibility index (Phi) is 6.80. The van der Waals surface area contributed by atoms with Crippen molar-refractivity contribution in [3.8, 4) is 22.5 Å². The average Bonchev–Trinajstić information content (AvgIpc) is 2.82. The minimum atomic E-state index is -0.625. The molecule has 0 aliphatic carbocycles. The van der Waals surface area contributed by atoms with Gasteiger partial charge in [-0.1, -0.05) is 89.6 Å². The molecule has 0 fully saturated rings. The quantitative estimate of drug-likeness (QED) is 0.331. The lowest BCUT2D eigenvalue weighted by Gasteiger charge is -2.16. The summed E-state index contributed by atoms with van der Waals surface area (Å²) in [6, 6.07) is 25.4. The third-order valence-electron chi connectivity index (χ3n) is 5.28. The molecule has 0 radical (unpaired) electrons. The van der Waals surface area contributed by atoms with Crippen molar-refractivity contribution in [3.63, 3.8) is 0 Å². The highest BCUT2D eigenvalue weighted by Crippen LogP contribution is 2.35. The SMILES string of the molecule is CCOC(=O)c1c(-c2ccc(C)cc2)[nH]c(-c2ccc(C)cc2)c(Sc2ccccc2)c1=O. The Labute approximate surface area is 197 Å². The number of carbonyl (C=O) groups is 1. The second-order valence-electron chi connectivity index (χ2n) is 7.78. The summed E-state index contributed by atoms with van der Waals surface area (Å²) in [4.78, 5) is 31.6. The zero-order valence-electron chi connectivity index (χ0n) is 18.8. The third kappa shape index (κ3) is 4.94. The molecule has 3 aromatic carbocycles. The monoisotopic (exact) mass is 455 g/mol.